The van der Waals surface area contributed by atoms with Gasteiger partial charge in [-0.25, -0.2) is 0 Å². The van der Waals surface area contributed by atoms with Crippen molar-refractivity contribution in [3.8, 4) is 0 Å². The minimum absolute atomic E-state index is 0.619. The summed E-state index contributed by atoms with van der Waals surface area (Å²) in [5.74, 6) is 0.619. The molecule has 86 valence electrons. The number of rotatable bonds is 5. The Morgan fingerprint density at radius 2 is 2.31 bits per heavy atom. The molecule has 5 nitrogen and oxygen atoms in total. The minimum Gasteiger partial charge on any atom is -0.354 e. The summed E-state index contributed by atoms with van der Waals surface area (Å²) in [5.41, 5.74) is 1.04. The SMILES string of the molecule is CC(C)Cc1nnc(NCc2ccn[nH]2)s1. The van der Waals surface area contributed by atoms with E-state index in [0.29, 0.717) is 12.5 Å². The zero-order chi connectivity index (χ0) is 11.4. The fraction of sp³-hybridized carbons (Fsp3) is 0.500. The Balaban J connectivity index is 1.88. The maximum absolute atomic E-state index is 4.14. The van der Waals surface area contributed by atoms with Crippen LogP contribution in [0.1, 0.15) is 24.5 Å². The number of aromatic amines is 1. The molecule has 6 heteroatoms. The maximum atomic E-state index is 4.14. The molecule has 0 saturated carbocycles. The van der Waals surface area contributed by atoms with Crippen LogP contribution in [0.2, 0.25) is 0 Å². The van der Waals surface area contributed by atoms with E-state index in [9.17, 15) is 0 Å². The number of H-pyrrole nitrogens is 1. The zero-order valence-corrected chi connectivity index (χ0v) is 10.2. The highest BCUT2D eigenvalue weighted by molar-refractivity contribution is 7.15. The monoisotopic (exact) mass is 237 g/mol. The van der Waals surface area contributed by atoms with Crippen LogP contribution in [0.25, 0.3) is 0 Å². The molecule has 0 fully saturated rings. The number of hydrogen-bond donors (Lipinski definition) is 2. The molecule has 0 bridgehead atoms. The largest absolute Gasteiger partial charge is 0.354 e. The zero-order valence-electron chi connectivity index (χ0n) is 9.40. The predicted octanol–water partition coefficient (Wildman–Crippen LogP) is 2.07. The van der Waals surface area contributed by atoms with Crippen LogP contribution in [0.4, 0.5) is 5.13 Å². The highest BCUT2D eigenvalue weighted by atomic mass is 32.1. The third-order valence-corrected chi connectivity index (χ3v) is 2.94. The maximum Gasteiger partial charge on any atom is 0.205 e. The average molecular weight is 237 g/mol. The van der Waals surface area contributed by atoms with Gasteiger partial charge in [0.15, 0.2) is 0 Å². The molecule has 0 aliphatic rings. The van der Waals surface area contributed by atoms with Crippen LogP contribution >= 0.6 is 11.3 Å². The van der Waals surface area contributed by atoms with E-state index in [1.165, 1.54) is 0 Å². The first-order chi connectivity index (χ1) is 7.74. The van der Waals surface area contributed by atoms with Gasteiger partial charge in [0.25, 0.3) is 0 Å². The van der Waals surface area contributed by atoms with Crippen molar-refractivity contribution in [2.75, 3.05) is 5.32 Å². The van der Waals surface area contributed by atoms with Crippen molar-refractivity contribution in [1.82, 2.24) is 20.4 Å². The van der Waals surface area contributed by atoms with E-state index in [-0.39, 0.29) is 0 Å². The molecule has 0 aromatic carbocycles. The summed E-state index contributed by atoms with van der Waals surface area (Å²) in [4.78, 5) is 0. The van der Waals surface area contributed by atoms with Gasteiger partial charge in [0, 0.05) is 12.6 Å². The molecule has 0 unspecified atom stereocenters. The van der Waals surface area contributed by atoms with E-state index < -0.39 is 0 Å². The minimum atomic E-state index is 0.619. The normalized spacial score (nSPS) is 10.9. The van der Waals surface area contributed by atoms with E-state index in [2.05, 4.69) is 39.6 Å². The quantitative estimate of drug-likeness (QED) is 0.835. The van der Waals surface area contributed by atoms with Gasteiger partial charge in [-0.15, -0.1) is 10.2 Å². The summed E-state index contributed by atoms with van der Waals surface area (Å²) < 4.78 is 0. The molecule has 0 saturated heterocycles. The second-order valence-corrected chi connectivity index (χ2v) is 5.10. The first-order valence-electron chi connectivity index (χ1n) is 5.28. The van der Waals surface area contributed by atoms with Gasteiger partial charge in [-0.1, -0.05) is 25.2 Å². The lowest BCUT2D eigenvalue weighted by atomic mass is 10.1. The Labute approximate surface area is 98.3 Å². The first-order valence-corrected chi connectivity index (χ1v) is 6.10. The Bertz CT molecular complexity index is 420. The summed E-state index contributed by atoms with van der Waals surface area (Å²) in [5, 5.41) is 20.2. The number of hydrogen-bond acceptors (Lipinski definition) is 5. The van der Waals surface area contributed by atoms with Crippen molar-refractivity contribution in [3.05, 3.63) is 23.0 Å². The van der Waals surface area contributed by atoms with E-state index in [0.717, 1.165) is 22.3 Å². The Hall–Kier alpha value is -1.43. The second-order valence-electron chi connectivity index (χ2n) is 4.03. The summed E-state index contributed by atoms with van der Waals surface area (Å²) in [7, 11) is 0. The Morgan fingerprint density at radius 1 is 1.44 bits per heavy atom. The van der Waals surface area contributed by atoms with Gasteiger partial charge in [-0.2, -0.15) is 5.10 Å². The smallest absolute Gasteiger partial charge is 0.205 e. The molecule has 0 spiro atoms. The molecule has 0 atom stereocenters. The van der Waals surface area contributed by atoms with E-state index >= 15 is 0 Å². The molecule has 2 aromatic rings. The van der Waals surface area contributed by atoms with Gasteiger partial charge in [-0.3, -0.25) is 5.10 Å². The van der Waals surface area contributed by atoms with Crippen LogP contribution in [0, 0.1) is 5.92 Å². The van der Waals surface area contributed by atoms with Crippen LogP contribution in [0.15, 0.2) is 12.3 Å². The van der Waals surface area contributed by atoms with Gasteiger partial charge in [-0.05, 0) is 12.0 Å². The lowest BCUT2D eigenvalue weighted by Gasteiger charge is -1.98. The van der Waals surface area contributed by atoms with Crippen LogP contribution in [0.5, 0.6) is 0 Å². The summed E-state index contributed by atoms with van der Waals surface area (Å²) in [6.07, 6.45) is 2.73. The third-order valence-electron chi connectivity index (χ3n) is 2.04. The van der Waals surface area contributed by atoms with E-state index in [4.69, 9.17) is 0 Å². The van der Waals surface area contributed by atoms with Crippen molar-refractivity contribution < 1.29 is 0 Å². The van der Waals surface area contributed by atoms with Crippen LogP contribution in [0.3, 0.4) is 0 Å². The topological polar surface area (TPSA) is 66.5 Å². The fourth-order valence-corrected chi connectivity index (χ4v) is 2.26. The van der Waals surface area contributed by atoms with E-state index in [1.54, 1.807) is 17.5 Å². The van der Waals surface area contributed by atoms with Crippen molar-refractivity contribution in [3.63, 3.8) is 0 Å². The van der Waals surface area contributed by atoms with Crippen LogP contribution < -0.4 is 5.32 Å². The Morgan fingerprint density at radius 3 is 3.00 bits per heavy atom. The molecule has 0 aliphatic heterocycles. The molecule has 0 amide bonds. The molecule has 2 heterocycles. The van der Waals surface area contributed by atoms with Crippen LogP contribution in [-0.4, -0.2) is 20.4 Å². The summed E-state index contributed by atoms with van der Waals surface area (Å²) >= 11 is 1.62. The first kappa shape index (κ1) is 11.1. The molecule has 2 rings (SSSR count). The number of aromatic nitrogens is 4. The van der Waals surface area contributed by atoms with Crippen molar-refractivity contribution in [2.24, 2.45) is 5.92 Å². The Kier molecular flexibility index (Phi) is 3.51. The predicted molar refractivity (Wildman–Crippen MR) is 64.4 cm³/mol. The van der Waals surface area contributed by atoms with Gasteiger partial charge in [0.2, 0.25) is 5.13 Å². The van der Waals surface area contributed by atoms with Crippen molar-refractivity contribution in [1.29, 1.82) is 0 Å². The van der Waals surface area contributed by atoms with Crippen molar-refractivity contribution in [2.45, 2.75) is 26.8 Å². The third kappa shape index (κ3) is 3.03. The molecule has 0 radical (unpaired) electrons. The van der Waals surface area contributed by atoms with Gasteiger partial charge in [0.05, 0.1) is 12.2 Å². The number of nitrogens with one attached hydrogen (secondary N) is 2. The number of nitrogens with zero attached hydrogens (tertiary/aromatic N) is 3. The highest BCUT2D eigenvalue weighted by Crippen LogP contribution is 2.18. The lowest BCUT2D eigenvalue weighted by Crippen LogP contribution is -1.99. The second kappa shape index (κ2) is 5.07. The van der Waals surface area contributed by atoms with E-state index in [1.807, 2.05) is 6.07 Å². The van der Waals surface area contributed by atoms with Gasteiger partial charge < -0.3 is 5.32 Å². The molecule has 2 N–H and O–H groups in total. The molecule has 2 aromatic heterocycles. The van der Waals surface area contributed by atoms with Gasteiger partial charge in [0.1, 0.15) is 5.01 Å². The molecule has 0 aliphatic carbocycles. The van der Waals surface area contributed by atoms with Crippen LogP contribution in [-0.2, 0) is 13.0 Å². The average Bonchev–Trinajstić information content (AvgIpc) is 2.84. The standard InChI is InChI=1S/C10H15N5S/c1-7(2)5-9-14-15-10(16-9)11-6-8-3-4-12-13-8/h3-4,7H,5-6H2,1-2H3,(H,11,15)(H,12,13). The molecular weight excluding hydrogens is 222 g/mol. The fourth-order valence-electron chi connectivity index (χ4n) is 1.31. The van der Waals surface area contributed by atoms with Gasteiger partial charge >= 0.3 is 0 Å². The number of anilines is 1. The highest BCUT2D eigenvalue weighted by Gasteiger charge is 2.05. The molecular formula is C10H15N5S. The summed E-state index contributed by atoms with van der Waals surface area (Å²) in [6, 6.07) is 1.93. The summed E-state index contributed by atoms with van der Waals surface area (Å²) in [6.45, 7) is 5.06. The van der Waals surface area contributed by atoms with Crippen molar-refractivity contribution >= 4 is 16.5 Å². The molecule has 16 heavy (non-hydrogen) atoms. The lowest BCUT2D eigenvalue weighted by molar-refractivity contribution is 0.640.